The van der Waals surface area contributed by atoms with Gasteiger partial charge in [-0.2, -0.15) is 11.8 Å². The summed E-state index contributed by atoms with van der Waals surface area (Å²) in [5, 5.41) is 0.888. The predicted molar refractivity (Wildman–Crippen MR) is 109 cm³/mol. The first-order valence-corrected chi connectivity index (χ1v) is 10.3. The van der Waals surface area contributed by atoms with Crippen LogP contribution < -0.4 is 5.73 Å². The van der Waals surface area contributed by atoms with Gasteiger partial charge in [0.25, 0.3) is 0 Å². The Bertz CT molecular complexity index is 375. The van der Waals surface area contributed by atoms with E-state index in [2.05, 4.69) is 55.9 Å². The minimum absolute atomic E-state index is 0.888. The molecule has 1 aliphatic heterocycles. The second-order valence-corrected chi connectivity index (χ2v) is 7.20. The van der Waals surface area contributed by atoms with Crippen LogP contribution in [0.4, 0.5) is 0 Å². The molecule has 0 spiro atoms. The molecular weight excluding hydrogens is 298 g/mol. The van der Waals surface area contributed by atoms with Gasteiger partial charge in [0.05, 0.1) is 0 Å². The van der Waals surface area contributed by atoms with Gasteiger partial charge in [-0.3, -0.25) is 0 Å². The van der Waals surface area contributed by atoms with E-state index in [1.165, 1.54) is 43.4 Å². The van der Waals surface area contributed by atoms with E-state index >= 15 is 0 Å². The Morgan fingerprint density at radius 3 is 2.43 bits per heavy atom. The number of thioether (sulfide) groups is 1. The van der Waals surface area contributed by atoms with Crippen LogP contribution in [0, 0.1) is 5.92 Å². The second-order valence-electron chi connectivity index (χ2n) is 5.72. The first kappa shape index (κ1) is 22.1. The molecule has 132 valence electrons. The number of hydrogen-bond acceptors (Lipinski definition) is 2. The molecule has 1 nitrogen and oxygen atoms in total. The van der Waals surface area contributed by atoms with Gasteiger partial charge in [-0.25, -0.2) is 0 Å². The van der Waals surface area contributed by atoms with Crippen LogP contribution in [0.15, 0.2) is 42.6 Å². The summed E-state index contributed by atoms with van der Waals surface area (Å²) in [5.74, 6) is 2.33. The standard InChI is InChI=1S/C13H18S.C6H13N.C2H6/c1-11-13(9-10-14-11)8-7-12-5-3-2-4-6-12;1-2-3-4-5-6-7;1-2/h2-6,11,13H,7-10H2,1H3;5-6H,2-4,7H2,1H3;1-2H3/b;6-5-;. The molecule has 0 radical (unpaired) electrons. The zero-order chi connectivity index (χ0) is 17.3. The van der Waals surface area contributed by atoms with E-state index in [0.717, 1.165) is 17.6 Å². The number of hydrogen-bond donors (Lipinski definition) is 1. The zero-order valence-corrected chi connectivity index (χ0v) is 16.4. The van der Waals surface area contributed by atoms with Crippen molar-refractivity contribution in [1.29, 1.82) is 0 Å². The Hall–Kier alpha value is -0.890. The Balaban J connectivity index is 0.000000460. The highest BCUT2D eigenvalue weighted by molar-refractivity contribution is 8.00. The predicted octanol–water partition coefficient (Wildman–Crippen LogP) is 6.44. The second kappa shape index (κ2) is 16.0. The average molecular weight is 336 g/mol. The van der Waals surface area contributed by atoms with Crippen LogP contribution in [0.25, 0.3) is 0 Å². The highest BCUT2D eigenvalue weighted by Crippen LogP contribution is 2.34. The Morgan fingerprint density at radius 1 is 1.22 bits per heavy atom. The van der Waals surface area contributed by atoms with E-state index in [1.54, 1.807) is 6.20 Å². The van der Waals surface area contributed by atoms with Gasteiger partial charge in [0.15, 0.2) is 0 Å². The first-order chi connectivity index (χ1) is 11.3. The maximum absolute atomic E-state index is 5.09. The lowest BCUT2D eigenvalue weighted by Gasteiger charge is -2.13. The quantitative estimate of drug-likeness (QED) is 0.606. The van der Waals surface area contributed by atoms with Gasteiger partial charge >= 0.3 is 0 Å². The zero-order valence-electron chi connectivity index (χ0n) is 15.6. The topological polar surface area (TPSA) is 26.0 Å². The van der Waals surface area contributed by atoms with Crippen molar-refractivity contribution in [3.63, 3.8) is 0 Å². The number of unbranched alkanes of at least 4 members (excludes halogenated alkanes) is 2. The maximum Gasteiger partial charge on any atom is 0.00474 e. The largest absolute Gasteiger partial charge is 0.405 e. The van der Waals surface area contributed by atoms with E-state index < -0.39 is 0 Å². The SMILES string of the molecule is CC.CC1SCCC1CCc1ccccc1.CCCC/C=C\N. The van der Waals surface area contributed by atoms with Crippen molar-refractivity contribution in [3.05, 3.63) is 48.2 Å². The third kappa shape index (κ3) is 11.3. The van der Waals surface area contributed by atoms with E-state index in [9.17, 15) is 0 Å². The molecule has 0 aromatic heterocycles. The Kier molecular flexibility index (Phi) is 15.4. The summed E-state index contributed by atoms with van der Waals surface area (Å²) in [5.41, 5.74) is 6.59. The van der Waals surface area contributed by atoms with Gasteiger partial charge in [0.2, 0.25) is 0 Å². The lowest BCUT2D eigenvalue weighted by Crippen LogP contribution is -2.08. The number of rotatable bonds is 6. The highest BCUT2D eigenvalue weighted by Gasteiger charge is 2.23. The summed E-state index contributed by atoms with van der Waals surface area (Å²) in [7, 11) is 0. The van der Waals surface area contributed by atoms with Crippen LogP contribution in [0.1, 0.15) is 65.4 Å². The summed E-state index contributed by atoms with van der Waals surface area (Å²) in [6.45, 7) is 8.55. The average Bonchev–Trinajstić information content (AvgIpc) is 3.02. The molecule has 2 rings (SSSR count). The van der Waals surface area contributed by atoms with E-state index in [4.69, 9.17) is 5.73 Å². The number of allylic oxidation sites excluding steroid dienone is 1. The lowest BCUT2D eigenvalue weighted by atomic mass is 9.95. The number of aryl methyl sites for hydroxylation is 1. The Morgan fingerprint density at radius 2 is 1.91 bits per heavy atom. The van der Waals surface area contributed by atoms with Gasteiger partial charge < -0.3 is 5.73 Å². The van der Waals surface area contributed by atoms with E-state index in [0.29, 0.717) is 0 Å². The van der Waals surface area contributed by atoms with Crippen molar-refractivity contribution >= 4 is 11.8 Å². The fraction of sp³-hybridized carbons (Fsp3) is 0.619. The van der Waals surface area contributed by atoms with Crippen molar-refractivity contribution in [2.24, 2.45) is 11.7 Å². The molecule has 2 N–H and O–H groups in total. The summed E-state index contributed by atoms with van der Waals surface area (Å²) < 4.78 is 0. The van der Waals surface area contributed by atoms with Crippen LogP contribution in [0.3, 0.4) is 0 Å². The van der Waals surface area contributed by atoms with Gasteiger partial charge in [-0.05, 0) is 49.1 Å². The summed E-state index contributed by atoms with van der Waals surface area (Å²) in [6, 6.07) is 10.9. The Labute approximate surface area is 149 Å². The van der Waals surface area contributed by atoms with Gasteiger partial charge in [-0.15, -0.1) is 0 Å². The van der Waals surface area contributed by atoms with Gasteiger partial charge in [-0.1, -0.05) is 76.9 Å². The lowest BCUT2D eigenvalue weighted by molar-refractivity contribution is 0.490. The maximum atomic E-state index is 5.09. The molecule has 1 aromatic carbocycles. The third-order valence-corrected chi connectivity index (χ3v) is 5.42. The molecule has 1 aromatic rings. The highest BCUT2D eigenvalue weighted by atomic mass is 32.2. The molecule has 1 fully saturated rings. The molecule has 1 heterocycles. The summed E-state index contributed by atoms with van der Waals surface area (Å²) in [4.78, 5) is 0. The first-order valence-electron chi connectivity index (χ1n) is 9.30. The fourth-order valence-corrected chi connectivity index (χ4v) is 3.93. The van der Waals surface area contributed by atoms with Gasteiger partial charge in [0, 0.05) is 5.25 Å². The molecule has 2 unspecified atom stereocenters. The van der Waals surface area contributed by atoms with Crippen LogP contribution in [-0.2, 0) is 6.42 Å². The molecule has 2 heteroatoms. The molecule has 0 saturated carbocycles. The van der Waals surface area contributed by atoms with Crippen molar-refractivity contribution < 1.29 is 0 Å². The van der Waals surface area contributed by atoms with Crippen LogP contribution in [0.5, 0.6) is 0 Å². The minimum Gasteiger partial charge on any atom is -0.405 e. The molecule has 1 aliphatic rings. The minimum atomic E-state index is 0.888. The fourth-order valence-electron chi connectivity index (χ4n) is 2.57. The van der Waals surface area contributed by atoms with Crippen molar-refractivity contribution in [3.8, 4) is 0 Å². The normalized spacial score (nSPS) is 19.7. The third-order valence-electron chi connectivity index (χ3n) is 4.04. The monoisotopic (exact) mass is 335 g/mol. The number of benzene rings is 1. The summed E-state index contributed by atoms with van der Waals surface area (Å²) in [6.07, 6.45) is 11.3. The van der Waals surface area contributed by atoms with Crippen molar-refractivity contribution in [1.82, 2.24) is 0 Å². The molecule has 23 heavy (non-hydrogen) atoms. The number of nitrogens with two attached hydrogens (primary N) is 1. The van der Waals surface area contributed by atoms with Crippen molar-refractivity contribution in [2.45, 2.75) is 71.5 Å². The molecule has 0 bridgehead atoms. The molecule has 2 atom stereocenters. The molecular formula is C21H37NS. The van der Waals surface area contributed by atoms with Gasteiger partial charge in [0.1, 0.15) is 0 Å². The van der Waals surface area contributed by atoms with E-state index in [1.807, 2.05) is 19.9 Å². The molecule has 0 aliphatic carbocycles. The van der Waals surface area contributed by atoms with Crippen molar-refractivity contribution in [2.75, 3.05) is 5.75 Å². The van der Waals surface area contributed by atoms with Crippen LogP contribution in [-0.4, -0.2) is 11.0 Å². The van der Waals surface area contributed by atoms with Crippen LogP contribution >= 0.6 is 11.8 Å². The summed E-state index contributed by atoms with van der Waals surface area (Å²) >= 11 is 2.14. The molecule has 1 saturated heterocycles. The smallest absolute Gasteiger partial charge is 0.00474 e. The van der Waals surface area contributed by atoms with E-state index in [-0.39, 0.29) is 0 Å². The van der Waals surface area contributed by atoms with Crippen LogP contribution in [0.2, 0.25) is 0 Å². The molecule has 0 amide bonds.